The minimum Gasteiger partial charge on any atom is -0.692 e. The maximum absolute atomic E-state index is 11.9. The summed E-state index contributed by atoms with van der Waals surface area (Å²) in [4.78, 5) is 13.3. The lowest BCUT2D eigenvalue weighted by atomic mass is 10.3. The molecule has 6 heteroatoms. The zero-order chi connectivity index (χ0) is 13.1. The van der Waals surface area contributed by atoms with Crippen LogP contribution in [0.1, 0.15) is 23.1 Å². The summed E-state index contributed by atoms with van der Waals surface area (Å²) in [5, 5.41) is 15.9. The van der Waals surface area contributed by atoms with Gasteiger partial charge in [-0.3, -0.25) is 0 Å². The molecule has 0 fully saturated rings. The summed E-state index contributed by atoms with van der Waals surface area (Å²) in [6.45, 7) is 3.48. The third-order valence-corrected chi connectivity index (χ3v) is 2.45. The molecule has 1 aromatic heterocycles. The molecule has 1 heterocycles. The Balaban J connectivity index is 2.46. The van der Waals surface area contributed by atoms with Crippen LogP contribution in [-0.2, 0) is 4.74 Å². The van der Waals surface area contributed by atoms with E-state index < -0.39 is 5.97 Å². The number of hydrogen-bond acceptors (Lipinski definition) is 4. The number of carbonyl (C=O) groups excluding carboxylic acids is 1. The van der Waals surface area contributed by atoms with Gasteiger partial charge in [0.15, 0.2) is 5.69 Å². The van der Waals surface area contributed by atoms with E-state index in [1.54, 1.807) is 31.2 Å². The summed E-state index contributed by atoms with van der Waals surface area (Å²) in [5.74, 6) is -0.589. The molecule has 2 rings (SSSR count). The Labute approximate surface area is 104 Å². The number of ether oxygens (including phenoxy) is 1. The van der Waals surface area contributed by atoms with Crippen LogP contribution >= 0.6 is 0 Å². The van der Waals surface area contributed by atoms with Gasteiger partial charge in [-0.05, 0) is 23.9 Å². The van der Waals surface area contributed by atoms with Crippen molar-refractivity contribution in [2.75, 3.05) is 6.61 Å². The molecule has 0 bridgehead atoms. The van der Waals surface area contributed by atoms with Crippen molar-refractivity contribution < 1.29 is 14.4 Å². The van der Waals surface area contributed by atoms with Crippen molar-refractivity contribution in [3.8, 4) is 5.69 Å². The molecule has 0 aliphatic rings. The molecular formula is C12H13N3O3. The summed E-state index contributed by atoms with van der Waals surface area (Å²) < 4.78 is 4.85. The average molecular weight is 247 g/mol. The summed E-state index contributed by atoms with van der Waals surface area (Å²) in [6.07, 6.45) is 0. The Kier molecular flexibility index (Phi) is 3.27. The van der Waals surface area contributed by atoms with Crippen molar-refractivity contribution in [2.24, 2.45) is 0 Å². The molecule has 0 unspecified atom stereocenters. The molecule has 0 N–H and O–H groups in total. The van der Waals surface area contributed by atoms with Gasteiger partial charge in [-0.25, -0.2) is 4.79 Å². The number of aromatic nitrogens is 3. The third-order valence-electron chi connectivity index (χ3n) is 2.45. The SMILES string of the molecule is CCOC(=O)c1nn(-c2ccccc2)[n+]([O-])c1C. The van der Waals surface area contributed by atoms with Crippen LogP contribution in [0.25, 0.3) is 5.69 Å². The number of carbonyl (C=O) groups is 1. The highest BCUT2D eigenvalue weighted by Gasteiger charge is 2.27. The fraction of sp³-hybridized carbons (Fsp3) is 0.250. The molecular weight excluding hydrogens is 234 g/mol. The fourth-order valence-corrected chi connectivity index (χ4v) is 1.55. The largest absolute Gasteiger partial charge is 0.692 e. The van der Waals surface area contributed by atoms with Gasteiger partial charge in [-0.2, -0.15) is 0 Å². The Morgan fingerprint density at radius 1 is 1.44 bits per heavy atom. The van der Waals surface area contributed by atoms with Gasteiger partial charge in [-0.15, -0.1) is 4.85 Å². The molecule has 2 aromatic rings. The first-order valence-corrected chi connectivity index (χ1v) is 5.57. The zero-order valence-electron chi connectivity index (χ0n) is 10.2. The first-order chi connectivity index (χ1) is 8.65. The van der Waals surface area contributed by atoms with Crippen LogP contribution in [0.5, 0.6) is 0 Å². The first kappa shape index (κ1) is 12.1. The van der Waals surface area contributed by atoms with E-state index in [-0.39, 0.29) is 18.0 Å². The number of para-hydroxylation sites is 1. The Bertz CT molecular complexity index is 563. The summed E-state index contributed by atoms with van der Waals surface area (Å²) in [6, 6.07) is 8.87. The highest BCUT2D eigenvalue weighted by atomic mass is 16.5. The second-order valence-corrected chi connectivity index (χ2v) is 3.65. The summed E-state index contributed by atoms with van der Waals surface area (Å²) >= 11 is 0. The number of rotatable bonds is 3. The maximum atomic E-state index is 11.9. The predicted molar refractivity (Wildman–Crippen MR) is 63.2 cm³/mol. The number of esters is 1. The molecule has 0 saturated carbocycles. The number of hydrogen-bond donors (Lipinski definition) is 0. The van der Waals surface area contributed by atoms with Gasteiger partial charge >= 0.3 is 11.7 Å². The molecule has 1 aromatic carbocycles. The fourth-order valence-electron chi connectivity index (χ4n) is 1.55. The van der Waals surface area contributed by atoms with E-state index in [0.29, 0.717) is 10.5 Å². The van der Waals surface area contributed by atoms with Crippen molar-refractivity contribution in [1.29, 1.82) is 0 Å². The Hall–Kier alpha value is -2.37. The summed E-state index contributed by atoms with van der Waals surface area (Å²) in [7, 11) is 0. The zero-order valence-corrected chi connectivity index (χ0v) is 10.2. The average Bonchev–Trinajstić information content (AvgIpc) is 2.68. The van der Waals surface area contributed by atoms with Crippen LogP contribution < -0.4 is 4.85 Å². The van der Waals surface area contributed by atoms with E-state index in [4.69, 9.17) is 4.74 Å². The molecule has 0 radical (unpaired) electrons. The minimum atomic E-state index is -0.589. The van der Waals surface area contributed by atoms with E-state index >= 15 is 0 Å². The van der Waals surface area contributed by atoms with Gasteiger partial charge in [0.1, 0.15) is 5.69 Å². The predicted octanol–water partition coefficient (Wildman–Crippen LogP) is 0.991. The van der Waals surface area contributed by atoms with Crippen LogP contribution in [0, 0.1) is 12.1 Å². The lowest BCUT2D eigenvalue weighted by molar-refractivity contribution is -0.694. The Morgan fingerprint density at radius 2 is 2.11 bits per heavy atom. The van der Waals surface area contributed by atoms with Crippen molar-refractivity contribution in [1.82, 2.24) is 9.90 Å². The van der Waals surface area contributed by atoms with Crippen LogP contribution in [0.4, 0.5) is 0 Å². The third kappa shape index (κ3) is 2.04. The van der Waals surface area contributed by atoms with Crippen LogP contribution in [0.3, 0.4) is 0 Å². The molecule has 0 amide bonds. The van der Waals surface area contributed by atoms with E-state index in [2.05, 4.69) is 5.10 Å². The Morgan fingerprint density at radius 3 is 2.72 bits per heavy atom. The van der Waals surface area contributed by atoms with E-state index in [1.165, 1.54) is 6.92 Å². The number of benzene rings is 1. The highest BCUT2D eigenvalue weighted by Crippen LogP contribution is 2.07. The van der Waals surface area contributed by atoms with Gasteiger partial charge in [0.25, 0.3) is 0 Å². The van der Waals surface area contributed by atoms with Gasteiger partial charge in [-0.1, -0.05) is 18.2 Å². The van der Waals surface area contributed by atoms with Crippen molar-refractivity contribution in [2.45, 2.75) is 13.8 Å². The number of nitrogens with zero attached hydrogens (tertiary/aromatic N) is 3. The standard InChI is InChI=1S/C12H13N3O3/c1-3-18-12(16)11-9(2)15(17)14(13-11)10-7-5-4-6-8-10/h4-8H,3H2,1-2H3. The van der Waals surface area contributed by atoms with Crippen molar-refractivity contribution in [3.05, 3.63) is 46.9 Å². The van der Waals surface area contributed by atoms with E-state index in [9.17, 15) is 10.0 Å². The van der Waals surface area contributed by atoms with Crippen molar-refractivity contribution in [3.63, 3.8) is 0 Å². The molecule has 0 spiro atoms. The monoisotopic (exact) mass is 247 g/mol. The van der Waals surface area contributed by atoms with E-state index in [1.807, 2.05) is 6.07 Å². The topological polar surface area (TPSA) is 71.1 Å². The lowest BCUT2D eigenvalue weighted by Crippen LogP contribution is -2.39. The molecule has 94 valence electrons. The molecule has 0 aliphatic carbocycles. The molecule has 0 aliphatic heterocycles. The molecule has 6 nitrogen and oxygen atoms in total. The maximum Gasteiger partial charge on any atom is 0.389 e. The summed E-state index contributed by atoms with van der Waals surface area (Å²) in [5.41, 5.74) is 0.846. The second-order valence-electron chi connectivity index (χ2n) is 3.65. The molecule has 0 atom stereocenters. The highest BCUT2D eigenvalue weighted by molar-refractivity contribution is 5.87. The van der Waals surface area contributed by atoms with Crippen molar-refractivity contribution >= 4 is 5.97 Å². The van der Waals surface area contributed by atoms with Gasteiger partial charge in [0.05, 0.1) is 11.7 Å². The second kappa shape index (κ2) is 4.87. The van der Waals surface area contributed by atoms with Gasteiger partial charge in [0, 0.05) is 6.92 Å². The van der Waals surface area contributed by atoms with Gasteiger partial charge < -0.3 is 9.94 Å². The molecule has 0 saturated heterocycles. The van der Waals surface area contributed by atoms with Crippen LogP contribution in [0.15, 0.2) is 30.3 Å². The van der Waals surface area contributed by atoms with Gasteiger partial charge in [0.2, 0.25) is 0 Å². The van der Waals surface area contributed by atoms with Crippen LogP contribution in [0.2, 0.25) is 0 Å². The molecule has 18 heavy (non-hydrogen) atoms. The quantitative estimate of drug-likeness (QED) is 0.460. The van der Waals surface area contributed by atoms with E-state index in [0.717, 1.165) is 4.80 Å². The normalized spacial score (nSPS) is 10.3. The first-order valence-electron chi connectivity index (χ1n) is 5.57. The van der Waals surface area contributed by atoms with Crippen LogP contribution in [-0.4, -0.2) is 22.5 Å². The smallest absolute Gasteiger partial charge is 0.389 e. The minimum absolute atomic E-state index is 0.0377. The lowest BCUT2D eigenvalue weighted by Gasteiger charge is -2.03.